The maximum Gasteiger partial charge on any atom is 0.303 e. The Balaban J connectivity index is 1.95. The van der Waals surface area contributed by atoms with Crippen molar-refractivity contribution in [2.75, 3.05) is 5.32 Å². The molecular weight excluding hydrogens is 242 g/mol. The maximum atomic E-state index is 10.4. The zero-order chi connectivity index (χ0) is 13.7. The third kappa shape index (κ3) is 3.91. The lowest BCUT2D eigenvalue weighted by atomic mass is 10.1. The van der Waals surface area contributed by atoms with Gasteiger partial charge >= 0.3 is 5.97 Å². The summed E-state index contributed by atoms with van der Waals surface area (Å²) in [6.07, 6.45) is 3.42. The topological polar surface area (TPSA) is 75.1 Å². The molecule has 0 aliphatic carbocycles. The van der Waals surface area contributed by atoms with Gasteiger partial charge in [-0.25, -0.2) is 9.97 Å². The molecule has 0 bridgehead atoms. The Morgan fingerprint density at radius 2 is 2.21 bits per heavy atom. The lowest BCUT2D eigenvalue weighted by Gasteiger charge is -2.13. The van der Waals surface area contributed by atoms with Crippen LogP contribution >= 0.6 is 0 Å². The van der Waals surface area contributed by atoms with Gasteiger partial charge in [-0.2, -0.15) is 0 Å². The average Bonchev–Trinajstić information content (AvgIpc) is 2.38. The van der Waals surface area contributed by atoms with Gasteiger partial charge in [-0.3, -0.25) is 4.79 Å². The standard InChI is InChI=1S/C14H17N3O2/c1-10(5-4-8-13(18)19)16-14-15-9-11-6-2-3-7-12(11)17-14/h2-3,6-7,9-10H,4-5,8H2,1H3,(H,18,19)(H,15,16,17). The molecule has 5 heteroatoms. The van der Waals surface area contributed by atoms with Crippen molar-refractivity contribution in [1.29, 1.82) is 0 Å². The van der Waals surface area contributed by atoms with Crippen molar-refractivity contribution in [3.05, 3.63) is 30.5 Å². The monoisotopic (exact) mass is 259 g/mol. The summed E-state index contributed by atoms with van der Waals surface area (Å²) in [5.41, 5.74) is 0.901. The molecule has 1 aromatic carbocycles. The van der Waals surface area contributed by atoms with E-state index in [-0.39, 0.29) is 12.5 Å². The van der Waals surface area contributed by atoms with E-state index in [1.165, 1.54) is 0 Å². The van der Waals surface area contributed by atoms with Gasteiger partial charge < -0.3 is 10.4 Å². The van der Waals surface area contributed by atoms with Gasteiger partial charge in [0, 0.05) is 24.0 Å². The van der Waals surface area contributed by atoms with Crippen molar-refractivity contribution in [2.45, 2.75) is 32.2 Å². The minimum Gasteiger partial charge on any atom is -0.481 e. The Hall–Kier alpha value is -2.17. The van der Waals surface area contributed by atoms with Gasteiger partial charge in [0.05, 0.1) is 5.52 Å². The van der Waals surface area contributed by atoms with Crippen LogP contribution in [0.5, 0.6) is 0 Å². The third-order valence-corrected chi connectivity index (χ3v) is 2.89. The number of para-hydroxylation sites is 1. The summed E-state index contributed by atoms with van der Waals surface area (Å²) in [6, 6.07) is 7.95. The summed E-state index contributed by atoms with van der Waals surface area (Å²) in [5, 5.41) is 12.8. The number of aliphatic carboxylic acids is 1. The zero-order valence-electron chi connectivity index (χ0n) is 10.8. The van der Waals surface area contributed by atoms with Gasteiger partial charge in [0.2, 0.25) is 5.95 Å². The van der Waals surface area contributed by atoms with Crippen LogP contribution in [0.4, 0.5) is 5.95 Å². The molecule has 1 heterocycles. The summed E-state index contributed by atoms with van der Waals surface area (Å²) in [7, 11) is 0. The number of fused-ring (bicyclic) bond motifs is 1. The molecular formula is C14H17N3O2. The number of rotatable bonds is 6. The minimum absolute atomic E-state index is 0.153. The van der Waals surface area contributed by atoms with Crippen LogP contribution in [0, 0.1) is 0 Å². The summed E-state index contributed by atoms with van der Waals surface area (Å²) in [5.74, 6) is -0.171. The smallest absolute Gasteiger partial charge is 0.303 e. The lowest BCUT2D eigenvalue weighted by Crippen LogP contribution is -2.17. The Morgan fingerprint density at radius 1 is 1.42 bits per heavy atom. The van der Waals surface area contributed by atoms with Gasteiger partial charge in [-0.1, -0.05) is 18.2 Å². The van der Waals surface area contributed by atoms with E-state index < -0.39 is 5.97 Å². The van der Waals surface area contributed by atoms with Crippen LogP contribution in [0.1, 0.15) is 26.2 Å². The molecule has 5 nitrogen and oxygen atoms in total. The fourth-order valence-electron chi connectivity index (χ4n) is 1.89. The normalized spacial score (nSPS) is 12.3. The Labute approximate surface area is 111 Å². The fourth-order valence-corrected chi connectivity index (χ4v) is 1.89. The molecule has 0 spiro atoms. The van der Waals surface area contributed by atoms with Gasteiger partial charge in [0.1, 0.15) is 0 Å². The summed E-state index contributed by atoms with van der Waals surface area (Å²) >= 11 is 0. The number of hydrogen-bond donors (Lipinski definition) is 2. The predicted octanol–water partition coefficient (Wildman–Crippen LogP) is 2.69. The van der Waals surface area contributed by atoms with E-state index in [1.54, 1.807) is 6.20 Å². The number of carboxylic acids is 1. The van der Waals surface area contributed by atoms with Crippen molar-refractivity contribution in [3.8, 4) is 0 Å². The number of nitrogens with zero attached hydrogens (tertiary/aromatic N) is 2. The molecule has 0 aliphatic heterocycles. The molecule has 0 saturated heterocycles. The molecule has 2 aromatic rings. The highest BCUT2D eigenvalue weighted by atomic mass is 16.4. The van der Waals surface area contributed by atoms with Crippen LogP contribution in [0.2, 0.25) is 0 Å². The Morgan fingerprint density at radius 3 is 3.00 bits per heavy atom. The second kappa shape index (κ2) is 6.13. The van der Waals surface area contributed by atoms with E-state index in [0.29, 0.717) is 12.4 Å². The molecule has 0 aliphatic rings. The van der Waals surface area contributed by atoms with Crippen LogP contribution in [0.25, 0.3) is 10.9 Å². The summed E-state index contributed by atoms with van der Waals surface area (Å²) < 4.78 is 0. The molecule has 100 valence electrons. The molecule has 1 aromatic heterocycles. The summed E-state index contributed by atoms with van der Waals surface area (Å²) in [6.45, 7) is 2.00. The maximum absolute atomic E-state index is 10.4. The van der Waals surface area contributed by atoms with E-state index in [9.17, 15) is 4.79 Å². The molecule has 19 heavy (non-hydrogen) atoms. The molecule has 2 rings (SSSR count). The second-order valence-electron chi connectivity index (χ2n) is 4.58. The van der Waals surface area contributed by atoms with Crippen LogP contribution < -0.4 is 5.32 Å². The van der Waals surface area contributed by atoms with E-state index in [0.717, 1.165) is 17.3 Å². The van der Waals surface area contributed by atoms with Gasteiger partial charge in [-0.15, -0.1) is 0 Å². The number of aromatic nitrogens is 2. The SMILES string of the molecule is CC(CCCC(=O)O)Nc1ncc2ccccc2n1. The van der Waals surface area contributed by atoms with Crippen molar-refractivity contribution < 1.29 is 9.90 Å². The molecule has 1 atom stereocenters. The van der Waals surface area contributed by atoms with Crippen LogP contribution in [-0.4, -0.2) is 27.1 Å². The highest BCUT2D eigenvalue weighted by Crippen LogP contribution is 2.13. The molecule has 1 unspecified atom stereocenters. The van der Waals surface area contributed by atoms with E-state index >= 15 is 0 Å². The van der Waals surface area contributed by atoms with Crippen LogP contribution in [-0.2, 0) is 4.79 Å². The van der Waals surface area contributed by atoms with Crippen LogP contribution in [0.15, 0.2) is 30.5 Å². The zero-order valence-corrected chi connectivity index (χ0v) is 10.8. The number of carboxylic acid groups (broad SMARTS) is 1. The molecule has 0 amide bonds. The first-order valence-electron chi connectivity index (χ1n) is 6.35. The highest BCUT2D eigenvalue weighted by molar-refractivity contribution is 5.78. The van der Waals surface area contributed by atoms with Crippen molar-refractivity contribution in [1.82, 2.24) is 9.97 Å². The number of anilines is 1. The van der Waals surface area contributed by atoms with Crippen molar-refractivity contribution >= 4 is 22.8 Å². The quantitative estimate of drug-likeness (QED) is 0.834. The number of nitrogens with one attached hydrogen (secondary N) is 1. The van der Waals surface area contributed by atoms with E-state index in [2.05, 4.69) is 15.3 Å². The Bertz CT molecular complexity index is 571. The average molecular weight is 259 g/mol. The van der Waals surface area contributed by atoms with Crippen molar-refractivity contribution in [3.63, 3.8) is 0 Å². The molecule has 2 N–H and O–H groups in total. The second-order valence-corrected chi connectivity index (χ2v) is 4.58. The first-order chi connectivity index (χ1) is 9.15. The number of benzene rings is 1. The first kappa shape index (κ1) is 13.3. The third-order valence-electron chi connectivity index (χ3n) is 2.89. The van der Waals surface area contributed by atoms with E-state index in [4.69, 9.17) is 5.11 Å². The highest BCUT2D eigenvalue weighted by Gasteiger charge is 2.06. The lowest BCUT2D eigenvalue weighted by molar-refractivity contribution is -0.137. The number of hydrogen-bond acceptors (Lipinski definition) is 4. The van der Waals surface area contributed by atoms with Gasteiger partial charge in [0.15, 0.2) is 0 Å². The molecule has 0 saturated carbocycles. The fraction of sp³-hybridized carbons (Fsp3) is 0.357. The van der Waals surface area contributed by atoms with E-state index in [1.807, 2.05) is 31.2 Å². The number of carbonyl (C=O) groups is 1. The van der Waals surface area contributed by atoms with Crippen molar-refractivity contribution in [2.24, 2.45) is 0 Å². The summed E-state index contributed by atoms with van der Waals surface area (Å²) in [4.78, 5) is 19.1. The molecule has 0 radical (unpaired) electrons. The Kier molecular flexibility index (Phi) is 4.28. The molecule has 0 fully saturated rings. The largest absolute Gasteiger partial charge is 0.481 e. The minimum atomic E-state index is -0.755. The van der Waals surface area contributed by atoms with Gasteiger partial charge in [-0.05, 0) is 25.8 Å². The first-order valence-corrected chi connectivity index (χ1v) is 6.35. The van der Waals surface area contributed by atoms with Gasteiger partial charge in [0.25, 0.3) is 0 Å². The predicted molar refractivity (Wildman–Crippen MR) is 74.1 cm³/mol. The van der Waals surface area contributed by atoms with Crippen LogP contribution in [0.3, 0.4) is 0 Å².